The maximum atomic E-state index is 12.7. The third kappa shape index (κ3) is 4.42. The van der Waals surface area contributed by atoms with Crippen molar-refractivity contribution in [2.75, 3.05) is 13.7 Å². The van der Waals surface area contributed by atoms with E-state index in [2.05, 4.69) is 19.2 Å². The predicted octanol–water partition coefficient (Wildman–Crippen LogP) is 3.50. The van der Waals surface area contributed by atoms with Crippen molar-refractivity contribution in [3.05, 3.63) is 29.8 Å². The van der Waals surface area contributed by atoms with Gasteiger partial charge in [-0.25, -0.2) is 0 Å². The topological polar surface area (TPSA) is 41.6 Å². The quantitative estimate of drug-likeness (QED) is 0.881. The highest BCUT2D eigenvalue weighted by Crippen LogP contribution is 2.30. The van der Waals surface area contributed by atoms with E-state index in [1.165, 1.54) is 12.8 Å². The van der Waals surface area contributed by atoms with Crippen LogP contribution in [0.3, 0.4) is 0 Å². The standard InChI is InChI=1S/C19H28N2O2.ClH/c1-13(2)12-23-18-8-4-14(5-9-18)19(22)21(3)17-10-15-6-7-16(11-17)20-15;/h4-5,8-9,13,15-17,20H,6-7,10-12H2,1-3H3;1H. The summed E-state index contributed by atoms with van der Waals surface area (Å²) in [6, 6.07) is 9.11. The van der Waals surface area contributed by atoms with E-state index in [1.54, 1.807) is 0 Å². The molecule has 2 unspecified atom stereocenters. The Balaban J connectivity index is 0.00000208. The fraction of sp³-hybridized carbons (Fsp3) is 0.632. The number of piperidine rings is 1. The zero-order valence-corrected chi connectivity index (χ0v) is 15.6. The van der Waals surface area contributed by atoms with Crippen molar-refractivity contribution >= 4 is 18.3 Å². The largest absolute Gasteiger partial charge is 0.493 e. The van der Waals surface area contributed by atoms with E-state index in [0.717, 1.165) is 24.2 Å². The average Bonchev–Trinajstić information content (AvgIpc) is 2.90. The summed E-state index contributed by atoms with van der Waals surface area (Å²) in [5, 5.41) is 3.63. The molecule has 2 bridgehead atoms. The predicted molar refractivity (Wildman–Crippen MR) is 99.1 cm³/mol. The van der Waals surface area contributed by atoms with Crippen LogP contribution >= 0.6 is 12.4 Å². The van der Waals surface area contributed by atoms with Crippen molar-refractivity contribution in [2.24, 2.45) is 5.92 Å². The molecule has 0 aliphatic carbocycles. The van der Waals surface area contributed by atoms with Crippen LogP contribution in [-0.4, -0.2) is 42.6 Å². The van der Waals surface area contributed by atoms with Crippen molar-refractivity contribution < 1.29 is 9.53 Å². The van der Waals surface area contributed by atoms with Gasteiger partial charge in [-0.15, -0.1) is 12.4 Å². The lowest BCUT2D eigenvalue weighted by atomic mass is 9.98. The number of fused-ring (bicyclic) bond motifs is 2. The van der Waals surface area contributed by atoms with E-state index in [1.807, 2.05) is 36.2 Å². The van der Waals surface area contributed by atoms with Gasteiger partial charge in [0, 0.05) is 30.7 Å². The molecule has 2 heterocycles. The molecule has 1 aromatic carbocycles. The number of rotatable bonds is 5. The Bertz CT molecular complexity index is 535. The number of halogens is 1. The van der Waals surface area contributed by atoms with Crippen LogP contribution < -0.4 is 10.1 Å². The molecule has 2 aliphatic rings. The van der Waals surface area contributed by atoms with E-state index in [0.29, 0.717) is 30.7 Å². The molecule has 0 saturated carbocycles. The highest BCUT2D eigenvalue weighted by molar-refractivity contribution is 5.94. The van der Waals surface area contributed by atoms with Gasteiger partial charge in [0.25, 0.3) is 5.91 Å². The van der Waals surface area contributed by atoms with E-state index in [9.17, 15) is 4.79 Å². The first kappa shape index (κ1) is 19.1. The summed E-state index contributed by atoms with van der Waals surface area (Å²) in [5.41, 5.74) is 0.746. The lowest BCUT2D eigenvalue weighted by Gasteiger charge is -2.35. The van der Waals surface area contributed by atoms with Gasteiger partial charge in [-0.3, -0.25) is 4.79 Å². The molecule has 0 aromatic heterocycles. The second-order valence-corrected chi connectivity index (χ2v) is 7.41. The number of benzene rings is 1. The summed E-state index contributed by atoms with van der Waals surface area (Å²) < 4.78 is 5.68. The molecule has 0 spiro atoms. The van der Waals surface area contributed by atoms with Gasteiger partial charge in [-0.05, 0) is 55.9 Å². The molecule has 5 heteroatoms. The first-order valence-corrected chi connectivity index (χ1v) is 8.79. The van der Waals surface area contributed by atoms with Crippen LogP contribution in [0.4, 0.5) is 0 Å². The molecule has 1 N–H and O–H groups in total. The molecule has 134 valence electrons. The monoisotopic (exact) mass is 352 g/mol. The molecule has 2 aliphatic heterocycles. The molecular weight excluding hydrogens is 324 g/mol. The molecule has 2 saturated heterocycles. The maximum Gasteiger partial charge on any atom is 0.253 e. The van der Waals surface area contributed by atoms with E-state index >= 15 is 0 Å². The van der Waals surface area contributed by atoms with Crippen LogP contribution in [0.2, 0.25) is 0 Å². The van der Waals surface area contributed by atoms with Gasteiger partial charge < -0.3 is 15.0 Å². The Morgan fingerprint density at radius 2 is 1.79 bits per heavy atom. The number of ether oxygens (including phenoxy) is 1. The Morgan fingerprint density at radius 3 is 2.33 bits per heavy atom. The zero-order chi connectivity index (χ0) is 16.4. The Labute approximate surface area is 151 Å². The Morgan fingerprint density at radius 1 is 1.21 bits per heavy atom. The molecule has 2 fully saturated rings. The third-order valence-electron chi connectivity index (χ3n) is 5.00. The number of amides is 1. The minimum Gasteiger partial charge on any atom is -0.493 e. The fourth-order valence-corrected chi connectivity index (χ4v) is 3.67. The van der Waals surface area contributed by atoms with Gasteiger partial charge in [0.1, 0.15) is 5.75 Å². The summed E-state index contributed by atoms with van der Waals surface area (Å²) in [6.45, 7) is 4.95. The summed E-state index contributed by atoms with van der Waals surface area (Å²) in [4.78, 5) is 14.7. The molecule has 3 rings (SSSR count). The van der Waals surface area contributed by atoms with E-state index in [4.69, 9.17) is 4.74 Å². The SMILES string of the molecule is CC(C)COc1ccc(C(=O)N(C)C2CC3CCC(C2)N3)cc1.Cl. The van der Waals surface area contributed by atoms with Crippen LogP contribution in [0.25, 0.3) is 0 Å². The minimum absolute atomic E-state index is 0. The van der Waals surface area contributed by atoms with Gasteiger partial charge in [0.2, 0.25) is 0 Å². The lowest BCUT2D eigenvalue weighted by Crippen LogP contribution is -2.48. The molecule has 24 heavy (non-hydrogen) atoms. The lowest BCUT2D eigenvalue weighted by molar-refractivity contribution is 0.0681. The van der Waals surface area contributed by atoms with Gasteiger partial charge in [0.15, 0.2) is 0 Å². The first-order valence-electron chi connectivity index (χ1n) is 8.79. The summed E-state index contributed by atoms with van der Waals surface area (Å²) >= 11 is 0. The van der Waals surface area contributed by atoms with Crippen LogP contribution in [0.15, 0.2) is 24.3 Å². The molecule has 1 aromatic rings. The van der Waals surface area contributed by atoms with Crippen molar-refractivity contribution in [2.45, 2.75) is 57.7 Å². The number of hydrogen-bond acceptors (Lipinski definition) is 3. The highest BCUT2D eigenvalue weighted by Gasteiger charge is 2.36. The minimum atomic E-state index is 0. The van der Waals surface area contributed by atoms with Crippen molar-refractivity contribution in [1.82, 2.24) is 10.2 Å². The zero-order valence-electron chi connectivity index (χ0n) is 14.8. The van der Waals surface area contributed by atoms with E-state index < -0.39 is 0 Å². The van der Waals surface area contributed by atoms with Crippen molar-refractivity contribution in [3.63, 3.8) is 0 Å². The van der Waals surface area contributed by atoms with Gasteiger partial charge in [0.05, 0.1) is 6.61 Å². The maximum absolute atomic E-state index is 12.7. The summed E-state index contributed by atoms with van der Waals surface area (Å²) in [7, 11) is 1.95. The summed E-state index contributed by atoms with van der Waals surface area (Å²) in [6.07, 6.45) is 4.67. The first-order chi connectivity index (χ1) is 11.0. The van der Waals surface area contributed by atoms with Crippen LogP contribution in [-0.2, 0) is 0 Å². The van der Waals surface area contributed by atoms with E-state index in [-0.39, 0.29) is 18.3 Å². The van der Waals surface area contributed by atoms with Gasteiger partial charge >= 0.3 is 0 Å². The number of carbonyl (C=O) groups is 1. The average molecular weight is 353 g/mol. The molecule has 2 atom stereocenters. The second kappa shape index (κ2) is 8.21. The van der Waals surface area contributed by atoms with Gasteiger partial charge in [-0.1, -0.05) is 13.8 Å². The van der Waals surface area contributed by atoms with Crippen molar-refractivity contribution in [3.8, 4) is 5.75 Å². The van der Waals surface area contributed by atoms with Gasteiger partial charge in [-0.2, -0.15) is 0 Å². The highest BCUT2D eigenvalue weighted by atomic mass is 35.5. The molecule has 4 nitrogen and oxygen atoms in total. The number of nitrogens with zero attached hydrogens (tertiary/aromatic N) is 1. The number of carbonyl (C=O) groups excluding carboxylic acids is 1. The summed E-state index contributed by atoms with van der Waals surface area (Å²) in [5.74, 6) is 1.45. The molecule has 0 radical (unpaired) electrons. The van der Waals surface area contributed by atoms with Crippen LogP contribution in [0.5, 0.6) is 5.75 Å². The normalized spacial score (nSPS) is 25.2. The second-order valence-electron chi connectivity index (χ2n) is 7.41. The van der Waals surface area contributed by atoms with Crippen LogP contribution in [0, 0.1) is 5.92 Å². The molecular formula is C19H29ClN2O2. The smallest absolute Gasteiger partial charge is 0.253 e. The third-order valence-corrected chi connectivity index (χ3v) is 5.00. The molecule has 1 amide bonds. The number of nitrogens with one attached hydrogen (secondary N) is 1. The Hall–Kier alpha value is -1.26. The van der Waals surface area contributed by atoms with Crippen molar-refractivity contribution in [1.29, 1.82) is 0 Å². The fourth-order valence-electron chi connectivity index (χ4n) is 3.67. The number of hydrogen-bond donors (Lipinski definition) is 1. The Kier molecular flexibility index (Phi) is 6.53. The van der Waals surface area contributed by atoms with Crippen LogP contribution in [0.1, 0.15) is 49.9 Å².